The number of para-hydroxylation sites is 1. The number of ether oxygens (including phenoxy) is 3. The van der Waals surface area contributed by atoms with Gasteiger partial charge in [-0.25, -0.2) is 0 Å². The third-order valence-corrected chi connectivity index (χ3v) is 11.3. The van der Waals surface area contributed by atoms with Crippen molar-refractivity contribution >= 4 is 23.5 Å². The van der Waals surface area contributed by atoms with Crippen LogP contribution in [0.4, 0.5) is 5.69 Å². The summed E-state index contributed by atoms with van der Waals surface area (Å²) in [7, 11) is 0. The molecule has 7 rings (SSSR count). The van der Waals surface area contributed by atoms with Gasteiger partial charge in [0.1, 0.15) is 5.54 Å². The third kappa shape index (κ3) is 8.45. The lowest BCUT2D eigenvalue weighted by Gasteiger charge is -2.46. The second-order valence-electron chi connectivity index (χ2n) is 14.9. The van der Waals surface area contributed by atoms with Crippen molar-refractivity contribution in [1.29, 1.82) is 0 Å². The fraction of sp³-hybridized carbons (Fsp3) is 0.386. The normalized spacial score (nSPS) is 22.9. The van der Waals surface area contributed by atoms with E-state index in [2.05, 4.69) is 51.6 Å². The number of nitrogens with zero attached hydrogens (tertiary/aromatic N) is 2. The fourth-order valence-corrected chi connectivity index (χ4v) is 8.05. The number of hydrogen-bond donors (Lipinski definition) is 3. The van der Waals surface area contributed by atoms with Crippen molar-refractivity contribution in [3.63, 3.8) is 0 Å². The highest BCUT2D eigenvalue weighted by molar-refractivity contribution is 5.93. The minimum atomic E-state index is -0.863. The van der Waals surface area contributed by atoms with E-state index < -0.39 is 23.9 Å². The smallest absolute Gasteiger partial charge is 0.303 e. The Hall–Kier alpha value is -5.07. The molecule has 0 radical (unpaired) electrons. The van der Waals surface area contributed by atoms with Gasteiger partial charge < -0.3 is 39.8 Å². The number of amides is 2. The summed E-state index contributed by atoms with van der Waals surface area (Å²) in [6, 6.07) is 34.2. The molecule has 1 spiro atoms. The Morgan fingerprint density at radius 1 is 0.909 bits per heavy atom. The molecule has 11 nitrogen and oxygen atoms in total. The molecule has 0 aromatic heterocycles. The van der Waals surface area contributed by atoms with E-state index in [-0.39, 0.29) is 36.5 Å². The second-order valence-corrected chi connectivity index (χ2v) is 14.9. The van der Waals surface area contributed by atoms with Crippen molar-refractivity contribution in [2.75, 3.05) is 31.2 Å². The van der Waals surface area contributed by atoms with Crippen LogP contribution in [0.5, 0.6) is 0 Å². The molecule has 4 aromatic rings. The lowest BCUT2D eigenvalue weighted by molar-refractivity contribution is -0.276. The van der Waals surface area contributed by atoms with Crippen LogP contribution in [0, 0.1) is 5.92 Å². The number of benzene rings is 4. The van der Waals surface area contributed by atoms with Gasteiger partial charge >= 0.3 is 5.97 Å². The van der Waals surface area contributed by atoms with Gasteiger partial charge in [-0.05, 0) is 65.8 Å². The number of piperidine rings is 1. The predicted octanol–water partition coefficient (Wildman–Crippen LogP) is 5.63. The van der Waals surface area contributed by atoms with Crippen molar-refractivity contribution < 1.29 is 33.7 Å². The van der Waals surface area contributed by atoms with Crippen LogP contribution in [-0.2, 0) is 41.7 Å². The summed E-state index contributed by atoms with van der Waals surface area (Å²) < 4.78 is 18.5. The van der Waals surface area contributed by atoms with Gasteiger partial charge in [-0.2, -0.15) is 0 Å². The highest BCUT2D eigenvalue weighted by Gasteiger charge is 2.51. The van der Waals surface area contributed by atoms with Crippen molar-refractivity contribution in [3.05, 3.63) is 125 Å². The third-order valence-electron chi connectivity index (χ3n) is 11.3. The Labute approximate surface area is 322 Å². The predicted molar refractivity (Wildman–Crippen MR) is 208 cm³/mol. The van der Waals surface area contributed by atoms with Gasteiger partial charge in [0.15, 0.2) is 12.4 Å². The lowest BCUT2D eigenvalue weighted by Crippen LogP contribution is -2.57. The monoisotopic (exact) mass is 746 g/mol. The summed E-state index contributed by atoms with van der Waals surface area (Å²) in [5, 5.41) is 15.6. The minimum Gasteiger partial charge on any atom is -0.453 e. The van der Waals surface area contributed by atoms with E-state index in [1.807, 2.05) is 78.9 Å². The number of esters is 1. The molecule has 55 heavy (non-hydrogen) atoms. The molecule has 0 saturated carbocycles. The molecule has 3 aliphatic rings. The standard InChI is InChI=1S/C44H50N4O7/c1-29-39(26-47-22-20-44(21-23-47)43(52)46-28-48(44)38-10-5-4-6-11-38)54-42(55-40(29)35-14-12-32(27-49)13-15-35)36-18-16-34(17-19-36)37-9-7-8-33(24-37)25-45-41(51)30(2)53-31(3)50/h4-19,24,29-30,39-40,42,49H,20-23,25-28H2,1-3H3,(H,45,51)(H,46,52)/t29-,30+,39+,40+,42+/m1/s1. The lowest BCUT2D eigenvalue weighted by atomic mass is 9.84. The van der Waals surface area contributed by atoms with Gasteiger partial charge in [-0.3, -0.25) is 14.4 Å². The molecule has 3 N–H and O–H groups in total. The van der Waals surface area contributed by atoms with Gasteiger partial charge in [0, 0.05) is 50.3 Å². The molecule has 3 heterocycles. The van der Waals surface area contributed by atoms with E-state index in [1.54, 1.807) is 6.92 Å². The number of hydrogen-bond acceptors (Lipinski definition) is 9. The van der Waals surface area contributed by atoms with E-state index in [1.165, 1.54) is 6.92 Å². The highest BCUT2D eigenvalue weighted by atomic mass is 16.7. The molecule has 2 amide bonds. The van der Waals surface area contributed by atoms with Crippen LogP contribution in [0.3, 0.4) is 0 Å². The zero-order valence-electron chi connectivity index (χ0n) is 31.6. The molecule has 288 valence electrons. The first-order valence-corrected chi connectivity index (χ1v) is 19.1. The molecular weight excluding hydrogens is 697 g/mol. The first-order chi connectivity index (χ1) is 26.6. The SMILES string of the molecule is CC(=O)O[C@@H](C)C(=O)NCc1cccc(-c2ccc([C@H]3O[C@@H](CN4CCC5(CC4)C(=O)NCN5c4ccccc4)[C@@H](C)[C@@H](c4ccc(CO)cc4)O3)cc2)c1. The van der Waals surface area contributed by atoms with Crippen LogP contribution in [-0.4, -0.2) is 71.8 Å². The molecule has 11 heteroatoms. The zero-order chi connectivity index (χ0) is 38.5. The molecule has 5 atom stereocenters. The molecule has 0 bridgehead atoms. The number of carbonyl (C=O) groups is 3. The maximum atomic E-state index is 13.3. The van der Waals surface area contributed by atoms with Crippen LogP contribution in [0.1, 0.15) is 68.3 Å². The van der Waals surface area contributed by atoms with Crippen LogP contribution in [0.2, 0.25) is 0 Å². The molecule has 3 aliphatic heterocycles. The Kier molecular flexibility index (Phi) is 11.6. The number of rotatable bonds is 11. The summed E-state index contributed by atoms with van der Waals surface area (Å²) in [6.07, 6.45) is -0.404. The summed E-state index contributed by atoms with van der Waals surface area (Å²) in [5.74, 6) is -0.720. The van der Waals surface area contributed by atoms with E-state index in [9.17, 15) is 19.5 Å². The van der Waals surface area contributed by atoms with Crippen LogP contribution < -0.4 is 15.5 Å². The minimum absolute atomic E-state index is 0.0227. The molecule has 4 aromatic carbocycles. The summed E-state index contributed by atoms with van der Waals surface area (Å²) in [4.78, 5) is 41.6. The number of nitrogens with one attached hydrogen (secondary N) is 2. The van der Waals surface area contributed by atoms with Crippen LogP contribution in [0.25, 0.3) is 11.1 Å². The van der Waals surface area contributed by atoms with Gasteiger partial charge in [-0.1, -0.05) is 91.9 Å². The number of aliphatic hydroxyl groups is 1. The molecule has 0 aliphatic carbocycles. The largest absolute Gasteiger partial charge is 0.453 e. The van der Waals surface area contributed by atoms with E-state index in [0.717, 1.165) is 65.0 Å². The van der Waals surface area contributed by atoms with Gasteiger partial charge in [0.05, 0.1) is 25.5 Å². The maximum Gasteiger partial charge on any atom is 0.303 e. The van der Waals surface area contributed by atoms with Crippen molar-refractivity contribution in [3.8, 4) is 11.1 Å². The Bertz CT molecular complexity index is 1950. The zero-order valence-corrected chi connectivity index (χ0v) is 31.6. The first kappa shape index (κ1) is 38.2. The quantitative estimate of drug-likeness (QED) is 0.167. The first-order valence-electron chi connectivity index (χ1n) is 19.1. The van der Waals surface area contributed by atoms with Gasteiger partial charge in [-0.15, -0.1) is 0 Å². The summed E-state index contributed by atoms with van der Waals surface area (Å²) >= 11 is 0. The van der Waals surface area contributed by atoms with E-state index in [0.29, 0.717) is 19.8 Å². The summed E-state index contributed by atoms with van der Waals surface area (Å²) in [5.41, 5.74) is 6.20. The van der Waals surface area contributed by atoms with Crippen LogP contribution in [0.15, 0.2) is 103 Å². The van der Waals surface area contributed by atoms with Crippen molar-refractivity contribution in [2.24, 2.45) is 5.92 Å². The second kappa shape index (κ2) is 16.7. The average Bonchev–Trinajstić information content (AvgIpc) is 3.52. The van der Waals surface area contributed by atoms with Crippen LogP contribution >= 0.6 is 0 Å². The molecule has 0 unspecified atom stereocenters. The van der Waals surface area contributed by atoms with Gasteiger partial charge in [0.2, 0.25) is 5.91 Å². The topological polar surface area (TPSA) is 130 Å². The number of aliphatic hydroxyl groups excluding tert-OH is 1. The number of carbonyl (C=O) groups excluding carboxylic acids is 3. The fourth-order valence-electron chi connectivity index (χ4n) is 8.05. The van der Waals surface area contributed by atoms with Crippen molar-refractivity contribution in [2.45, 2.75) is 76.9 Å². The number of anilines is 1. The number of likely N-dealkylation sites (tertiary alicyclic amines) is 1. The van der Waals surface area contributed by atoms with E-state index in [4.69, 9.17) is 14.2 Å². The average molecular weight is 747 g/mol. The maximum absolute atomic E-state index is 13.3. The molecule has 3 saturated heterocycles. The molecule has 3 fully saturated rings. The van der Waals surface area contributed by atoms with Crippen molar-refractivity contribution in [1.82, 2.24) is 15.5 Å². The van der Waals surface area contributed by atoms with Gasteiger partial charge in [0.25, 0.3) is 5.91 Å². The Morgan fingerprint density at radius 2 is 1.62 bits per heavy atom. The Morgan fingerprint density at radius 3 is 2.31 bits per heavy atom. The Balaban J connectivity index is 1.06. The van der Waals surface area contributed by atoms with E-state index >= 15 is 0 Å². The highest BCUT2D eigenvalue weighted by Crippen LogP contribution is 2.43. The molecular formula is C44H50N4O7. The summed E-state index contributed by atoms with van der Waals surface area (Å²) in [6.45, 7) is 8.04.